The molecule has 104 valence electrons. The van der Waals surface area contributed by atoms with Gasteiger partial charge >= 0.3 is 0 Å². The van der Waals surface area contributed by atoms with Gasteiger partial charge in [-0.1, -0.05) is 12.1 Å². The van der Waals surface area contributed by atoms with Crippen molar-refractivity contribution in [3.8, 4) is 5.75 Å². The van der Waals surface area contributed by atoms with Gasteiger partial charge in [-0.05, 0) is 46.5 Å². The lowest BCUT2D eigenvalue weighted by molar-refractivity contribution is 0.414. The average molecular weight is 334 g/mol. The smallest absolute Gasteiger partial charge is 0.135 e. The van der Waals surface area contributed by atoms with Crippen LogP contribution in [0.3, 0.4) is 0 Å². The van der Waals surface area contributed by atoms with Crippen molar-refractivity contribution in [1.29, 1.82) is 0 Å². The van der Waals surface area contributed by atoms with E-state index in [4.69, 9.17) is 4.74 Å². The van der Waals surface area contributed by atoms with E-state index in [1.165, 1.54) is 12.8 Å². The first-order valence-electron chi connectivity index (χ1n) is 6.66. The Balaban J connectivity index is 1.71. The van der Waals surface area contributed by atoms with Crippen molar-refractivity contribution in [3.63, 3.8) is 0 Å². The largest absolute Gasteiger partial charge is 0.497 e. The third-order valence-corrected chi connectivity index (χ3v) is 3.67. The Morgan fingerprint density at radius 2 is 2.15 bits per heavy atom. The summed E-state index contributed by atoms with van der Waals surface area (Å²) in [5.41, 5.74) is 1.16. The Morgan fingerprint density at radius 3 is 2.90 bits per heavy atom. The predicted octanol–water partition coefficient (Wildman–Crippen LogP) is 3.74. The molecule has 1 saturated carbocycles. The summed E-state index contributed by atoms with van der Waals surface area (Å²) >= 11 is 3.45. The molecular weight excluding hydrogens is 318 g/mol. The molecule has 0 radical (unpaired) electrons. The molecule has 5 heteroatoms. The molecule has 4 nitrogen and oxygen atoms in total. The maximum absolute atomic E-state index is 5.22. The quantitative estimate of drug-likeness (QED) is 0.847. The number of ether oxygens (including phenoxy) is 1. The van der Waals surface area contributed by atoms with Gasteiger partial charge in [-0.15, -0.1) is 0 Å². The second kappa shape index (κ2) is 5.79. The minimum absolute atomic E-state index is 0.546. The van der Waals surface area contributed by atoms with Crippen LogP contribution in [-0.2, 0) is 6.54 Å². The summed E-state index contributed by atoms with van der Waals surface area (Å²) in [6, 6.07) is 9.92. The summed E-state index contributed by atoms with van der Waals surface area (Å²) in [5.74, 6) is 3.21. The lowest BCUT2D eigenvalue weighted by Gasteiger charge is -2.09. The third kappa shape index (κ3) is 3.28. The van der Waals surface area contributed by atoms with E-state index in [1.807, 2.05) is 24.3 Å². The molecule has 1 heterocycles. The SMILES string of the molecule is COc1cccc(CNc2cc(Br)nc(C3CC3)n2)c1. The van der Waals surface area contributed by atoms with Crippen LogP contribution in [0, 0.1) is 0 Å². The molecule has 0 atom stereocenters. The highest BCUT2D eigenvalue weighted by molar-refractivity contribution is 9.10. The van der Waals surface area contributed by atoms with E-state index in [2.05, 4.69) is 37.3 Å². The summed E-state index contributed by atoms with van der Waals surface area (Å²) in [5, 5.41) is 3.34. The van der Waals surface area contributed by atoms with Gasteiger partial charge in [0.1, 0.15) is 22.0 Å². The first kappa shape index (κ1) is 13.4. The summed E-state index contributed by atoms with van der Waals surface area (Å²) < 4.78 is 6.06. The van der Waals surface area contributed by atoms with Crippen LogP contribution in [0.2, 0.25) is 0 Å². The van der Waals surface area contributed by atoms with Crippen molar-refractivity contribution in [2.75, 3.05) is 12.4 Å². The fourth-order valence-corrected chi connectivity index (χ4v) is 2.42. The molecule has 0 amide bonds. The van der Waals surface area contributed by atoms with Crippen LogP contribution < -0.4 is 10.1 Å². The number of methoxy groups -OCH3 is 1. The van der Waals surface area contributed by atoms with E-state index < -0.39 is 0 Å². The van der Waals surface area contributed by atoms with Crippen LogP contribution in [0.15, 0.2) is 34.9 Å². The number of hydrogen-bond donors (Lipinski definition) is 1. The van der Waals surface area contributed by atoms with Crippen LogP contribution in [0.5, 0.6) is 5.75 Å². The Hall–Kier alpha value is -1.62. The molecule has 1 aromatic carbocycles. The van der Waals surface area contributed by atoms with E-state index in [9.17, 15) is 0 Å². The monoisotopic (exact) mass is 333 g/mol. The van der Waals surface area contributed by atoms with Gasteiger partial charge < -0.3 is 10.1 Å². The number of halogens is 1. The second-order valence-electron chi connectivity index (χ2n) is 4.91. The standard InChI is InChI=1S/C15H16BrN3O/c1-20-12-4-2-3-10(7-12)9-17-14-8-13(16)18-15(19-14)11-5-6-11/h2-4,7-8,11H,5-6,9H2,1H3,(H,17,18,19). The Morgan fingerprint density at radius 1 is 1.30 bits per heavy atom. The molecule has 0 spiro atoms. The van der Waals surface area contributed by atoms with Gasteiger partial charge in [0.25, 0.3) is 0 Å². The molecule has 0 saturated heterocycles. The van der Waals surface area contributed by atoms with Crippen molar-refractivity contribution in [1.82, 2.24) is 9.97 Å². The molecule has 0 aliphatic heterocycles. The molecule has 3 rings (SSSR count). The third-order valence-electron chi connectivity index (χ3n) is 3.26. The fourth-order valence-electron chi connectivity index (χ4n) is 2.02. The van der Waals surface area contributed by atoms with E-state index in [1.54, 1.807) is 7.11 Å². The highest BCUT2D eigenvalue weighted by Gasteiger charge is 2.27. The molecule has 1 N–H and O–H groups in total. The molecule has 1 aliphatic rings. The molecule has 20 heavy (non-hydrogen) atoms. The minimum Gasteiger partial charge on any atom is -0.497 e. The van der Waals surface area contributed by atoms with Gasteiger partial charge in [-0.25, -0.2) is 9.97 Å². The predicted molar refractivity (Wildman–Crippen MR) is 82.0 cm³/mol. The fraction of sp³-hybridized carbons (Fsp3) is 0.333. The Labute approximate surface area is 126 Å². The molecule has 1 fully saturated rings. The first-order valence-corrected chi connectivity index (χ1v) is 7.45. The number of aromatic nitrogens is 2. The van der Waals surface area contributed by atoms with E-state index >= 15 is 0 Å². The normalized spacial score (nSPS) is 14.1. The van der Waals surface area contributed by atoms with Gasteiger partial charge in [-0.3, -0.25) is 0 Å². The van der Waals surface area contributed by atoms with Gasteiger partial charge in [-0.2, -0.15) is 0 Å². The minimum atomic E-state index is 0.546. The number of nitrogens with zero attached hydrogens (tertiary/aromatic N) is 2. The van der Waals surface area contributed by atoms with Gasteiger partial charge in [0.15, 0.2) is 0 Å². The van der Waals surface area contributed by atoms with E-state index in [-0.39, 0.29) is 0 Å². The molecule has 0 unspecified atom stereocenters. The van der Waals surface area contributed by atoms with Crippen LogP contribution in [-0.4, -0.2) is 17.1 Å². The van der Waals surface area contributed by atoms with E-state index in [0.29, 0.717) is 12.5 Å². The number of rotatable bonds is 5. The van der Waals surface area contributed by atoms with Crippen molar-refractivity contribution < 1.29 is 4.74 Å². The van der Waals surface area contributed by atoms with E-state index in [0.717, 1.165) is 27.6 Å². The lowest BCUT2D eigenvalue weighted by atomic mass is 10.2. The maximum Gasteiger partial charge on any atom is 0.135 e. The Kier molecular flexibility index (Phi) is 3.87. The van der Waals surface area contributed by atoms with Crippen LogP contribution >= 0.6 is 15.9 Å². The highest BCUT2D eigenvalue weighted by Crippen LogP contribution is 2.38. The van der Waals surface area contributed by atoms with Crippen molar-refractivity contribution in [3.05, 3.63) is 46.3 Å². The maximum atomic E-state index is 5.22. The molecule has 1 aliphatic carbocycles. The number of hydrogen-bond acceptors (Lipinski definition) is 4. The van der Waals surface area contributed by atoms with Gasteiger partial charge in [0, 0.05) is 18.5 Å². The zero-order chi connectivity index (χ0) is 13.9. The van der Waals surface area contributed by atoms with Crippen LogP contribution in [0.1, 0.15) is 30.1 Å². The van der Waals surface area contributed by atoms with Gasteiger partial charge in [0.2, 0.25) is 0 Å². The number of benzene rings is 1. The zero-order valence-corrected chi connectivity index (χ0v) is 12.9. The lowest BCUT2D eigenvalue weighted by Crippen LogP contribution is -2.04. The van der Waals surface area contributed by atoms with Crippen molar-refractivity contribution in [2.24, 2.45) is 0 Å². The molecular formula is C15H16BrN3O. The van der Waals surface area contributed by atoms with Crippen LogP contribution in [0.4, 0.5) is 5.82 Å². The van der Waals surface area contributed by atoms with Crippen LogP contribution in [0.25, 0.3) is 0 Å². The molecule has 1 aromatic heterocycles. The zero-order valence-electron chi connectivity index (χ0n) is 11.3. The second-order valence-corrected chi connectivity index (χ2v) is 5.73. The first-order chi connectivity index (χ1) is 9.74. The summed E-state index contributed by atoms with van der Waals surface area (Å²) in [6.07, 6.45) is 2.40. The molecule has 0 bridgehead atoms. The summed E-state index contributed by atoms with van der Waals surface area (Å²) in [6.45, 7) is 0.713. The molecule has 2 aromatic rings. The highest BCUT2D eigenvalue weighted by atomic mass is 79.9. The van der Waals surface area contributed by atoms with Crippen molar-refractivity contribution >= 4 is 21.7 Å². The van der Waals surface area contributed by atoms with Crippen molar-refractivity contribution in [2.45, 2.75) is 25.3 Å². The average Bonchev–Trinajstić information content (AvgIpc) is 3.29. The summed E-state index contributed by atoms with van der Waals surface area (Å²) in [7, 11) is 1.68. The number of nitrogens with one attached hydrogen (secondary N) is 1. The number of anilines is 1. The summed E-state index contributed by atoms with van der Waals surface area (Å²) in [4.78, 5) is 8.99. The Bertz CT molecular complexity index is 614. The van der Waals surface area contributed by atoms with Gasteiger partial charge in [0.05, 0.1) is 7.11 Å². The topological polar surface area (TPSA) is 47.0 Å².